The molecule has 0 N–H and O–H groups in total. The van der Waals surface area contributed by atoms with Gasteiger partial charge in [-0.2, -0.15) is 0 Å². The fourth-order valence-corrected chi connectivity index (χ4v) is 8.51. The maximum absolute atomic E-state index is 11.6. The van der Waals surface area contributed by atoms with Gasteiger partial charge in [0.2, 0.25) is 0 Å². The van der Waals surface area contributed by atoms with Crippen molar-refractivity contribution in [1.82, 2.24) is 0 Å². The molecule has 7 rings (SSSR count). The maximum atomic E-state index is 11.6. The third kappa shape index (κ3) is 5.60. The number of hydrogen-bond donors (Lipinski definition) is 0. The molecule has 0 spiro atoms. The van der Waals surface area contributed by atoms with Gasteiger partial charge in [0.1, 0.15) is 45.9 Å². The minimum absolute atomic E-state index is 0.153. The van der Waals surface area contributed by atoms with Crippen molar-refractivity contribution in [3.8, 4) is 57.8 Å². The minimum Gasteiger partial charge on any atom is -0.484 e. The lowest BCUT2D eigenvalue weighted by molar-refractivity contribution is 0.110. The van der Waals surface area contributed by atoms with Gasteiger partial charge in [0.15, 0.2) is 35.6 Å². The highest BCUT2D eigenvalue weighted by atomic mass is 32.1. The second-order valence-electron chi connectivity index (χ2n) is 11.8. The number of carbonyl (C=O) groups excluding carboxylic acids is 2. The Hall–Kier alpha value is -4.50. The Morgan fingerprint density at radius 1 is 0.638 bits per heavy atom. The smallest absolute Gasteiger partial charge is 0.188 e. The first-order valence-corrected chi connectivity index (χ1v) is 17.8. The van der Waals surface area contributed by atoms with Crippen LogP contribution < -0.4 is 18.9 Å². The highest BCUT2D eigenvalue weighted by molar-refractivity contribution is 7.15. The SMILES string of the molecule is CCCCC1(CCCC)c2cc(C#Cc3sc(C=O)c4c3OCCO4)ccc2-c2ccc(C#Cc3sc(C=O)c4c3OCCO4)cc21. The summed E-state index contributed by atoms with van der Waals surface area (Å²) in [7, 11) is 0. The van der Waals surface area contributed by atoms with E-state index >= 15 is 0 Å². The van der Waals surface area contributed by atoms with Gasteiger partial charge in [0.05, 0.1) is 0 Å². The average molecular weight is 663 g/mol. The number of benzene rings is 2. The molecule has 0 saturated carbocycles. The molecule has 47 heavy (non-hydrogen) atoms. The van der Waals surface area contributed by atoms with Gasteiger partial charge in [-0.3, -0.25) is 9.59 Å². The van der Waals surface area contributed by atoms with Crippen LogP contribution in [0.5, 0.6) is 23.0 Å². The Kier molecular flexibility index (Phi) is 8.82. The number of unbranched alkanes of at least 4 members (excludes halogenated alkanes) is 2. The molecule has 0 fully saturated rings. The van der Waals surface area contributed by atoms with Crippen LogP contribution in [0, 0.1) is 23.7 Å². The molecule has 2 aromatic heterocycles. The number of hydrogen-bond acceptors (Lipinski definition) is 8. The zero-order valence-electron chi connectivity index (χ0n) is 26.5. The summed E-state index contributed by atoms with van der Waals surface area (Å²) in [5, 5.41) is 0. The van der Waals surface area contributed by atoms with Crippen molar-refractivity contribution in [2.75, 3.05) is 26.4 Å². The van der Waals surface area contributed by atoms with Gasteiger partial charge >= 0.3 is 0 Å². The van der Waals surface area contributed by atoms with Gasteiger partial charge in [-0.15, -0.1) is 22.7 Å². The van der Waals surface area contributed by atoms with Crippen LogP contribution in [-0.2, 0) is 5.41 Å². The molecule has 0 atom stereocenters. The topological polar surface area (TPSA) is 71.1 Å². The average Bonchev–Trinajstić information content (AvgIpc) is 3.75. The highest BCUT2D eigenvalue weighted by Crippen LogP contribution is 2.54. The molecular formula is C39H34O6S2. The molecule has 238 valence electrons. The van der Waals surface area contributed by atoms with Crippen LogP contribution in [-0.4, -0.2) is 39.0 Å². The van der Waals surface area contributed by atoms with E-state index in [9.17, 15) is 9.59 Å². The van der Waals surface area contributed by atoms with Crippen molar-refractivity contribution in [1.29, 1.82) is 0 Å². The molecule has 0 radical (unpaired) electrons. The number of carbonyl (C=O) groups is 2. The van der Waals surface area contributed by atoms with Crippen LogP contribution in [0.25, 0.3) is 11.1 Å². The molecular weight excluding hydrogens is 629 g/mol. The second-order valence-corrected chi connectivity index (χ2v) is 14.0. The summed E-state index contributed by atoms with van der Waals surface area (Å²) in [5.74, 6) is 15.5. The molecule has 0 unspecified atom stereocenters. The molecule has 6 nitrogen and oxygen atoms in total. The zero-order chi connectivity index (χ0) is 32.4. The van der Waals surface area contributed by atoms with Crippen molar-refractivity contribution in [3.63, 3.8) is 0 Å². The first kappa shape index (κ1) is 31.1. The van der Waals surface area contributed by atoms with E-state index < -0.39 is 0 Å². The summed E-state index contributed by atoms with van der Waals surface area (Å²) in [4.78, 5) is 25.7. The highest BCUT2D eigenvalue weighted by Gasteiger charge is 2.42. The van der Waals surface area contributed by atoms with Gasteiger partial charge in [-0.1, -0.05) is 63.5 Å². The van der Waals surface area contributed by atoms with Crippen LogP contribution in [0.2, 0.25) is 0 Å². The standard InChI is InChI=1S/C39H34O6S2/c1-3-5-15-39(16-6-4-2)29-21-25(9-13-31-35-37(33(23-40)46-31)44-19-17-42-35)7-11-27(29)28-12-8-26(22-30(28)39)10-14-32-36-38(34(24-41)47-32)45-20-18-43-36/h7-8,11-12,21-24H,3-6,15-20H2,1-2H3. The van der Waals surface area contributed by atoms with Gasteiger partial charge in [0.25, 0.3) is 0 Å². The van der Waals surface area contributed by atoms with E-state index in [1.54, 1.807) is 0 Å². The predicted molar refractivity (Wildman–Crippen MR) is 185 cm³/mol. The van der Waals surface area contributed by atoms with E-state index in [0.29, 0.717) is 68.9 Å². The third-order valence-corrected chi connectivity index (χ3v) is 11.0. The lowest BCUT2D eigenvalue weighted by atomic mass is 9.70. The Labute approximate surface area is 283 Å². The fraction of sp³-hybridized carbons (Fsp3) is 0.333. The molecule has 4 heterocycles. The summed E-state index contributed by atoms with van der Waals surface area (Å²) < 4.78 is 23.1. The monoisotopic (exact) mass is 662 g/mol. The van der Waals surface area contributed by atoms with Gasteiger partial charge < -0.3 is 18.9 Å². The number of fused-ring (bicyclic) bond motifs is 5. The van der Waals surface area contributed by atoms with E-state index in [1.165, 1.54) is 44.9 Å². The Balaban J connectivity index is 1.29. The minimum atomic E-state index is -0.153. The summed E-state index contributed by atoms with van der Waals surface area (Å²) in [6, 6.07) is 13.1. The number of rotatable bonds is 8. The van der Waals surface area contributed by atoms with Crippen LogP contribution >= 0.6 is 22.7 Å². The van der Waals surface area contributed by atoms with Gasteiger partial charge in [0, 0.05) is 16.5 Å². The van der Waals surface area contributed by atoms with Crippen LogP contribution in [0.15, 0.2) is 36.4 Å². The van der Waals surface area contributed by atoms with Crippen LogP contribution in [0.1, 0.15) is 104 Å². The molecule has 2 aromatic carbocycles. The second kappa shape index (κ2) is 13.3. The van der Waals surface area contributed by atoms with Crippen LogP contribution in [0.4, 0.5) is 0 Å². The van der Waals surface area contributed by atoms with E-state index in [2.05, 4.69) is 73.9 Å². The summed E-state index contributed by atoms with van der Waals surface area (Å²) in [6.45, 7) is 6.22. The van der Waals surface area contributed by atoms with E-state index in [-0.39, 0.29) is 5.41 Å². The molecule has 4 aromatic rings. The van der Waals surface area contributed by atoms with E-state index in [1.807, 2.05) is 0 Å². The van der Waals surface area contributed by atoms with Crippen molar-refractivity contribution in [3.05, 3.63) is 78.2 Å². The summed E-state index contributed by atoms with van der Waals surface area (Å²) in [5.41, 5.74) is 6.84. The van der Waals surface area contributed by atoms with Gasteiger partial charge in [-0.05, 0) is 71.2 Å². The van der Waals surface area contributed by atoms with Gasteiger partial charge in [-0.25, -0.2) is 0 Å². The number of ether oxygens (including phenoxy) is 4. The van der Waals surface area contributed by atoms with E-state index in [0.717, 1.165) is 62.2 Å². The molecule has 0 bridgehead atoms. The zero-order valence-corrected chi connectivity index (χ0v) is 28.1. The Bertz CT molecular complexity index is 1850. The van der Waals surface area contributed by atoms with E-state index in [4.69, 9.17) is 18.9 Å². The Morgan fingerprint density at radius 2 is 1.06 bits per heavy atom. The number of thiophene rings is 2. The Morgan fingerprint density at radius 3 is 1.47 bits per heavy atom. The quantitative estimate of drug-likeness (QED) is 0.139. The molecule has 0 amide bonds. The molecule has 1 aliphatic carbocycles. The molecule has 3 aliphatic rings. The summed E-state index contributed by atoms with van der Waals surface area (Å²) in [6.07, 6.45) is 8.11. The molecule has 2 aliphatic heterocycles. The maximum Gasteiger partial charge on any atom is 0.188 e. The normalized spacial score (nSPS) is 14.6. The lowest BCUT2D eigenvalue weighted by Crippen LogP contribution is -2.25. The fourth-order valence-electron chi connectivity index (χ4n) is 6.79. The largest absolute Gasteiger partial charge is 0.484 e. The molecule has 0 saturated heterocycles. The van der Waals surface area contributed by atoms with Crippen molar-refractivity contribution in [2.24, 2.45) is 0 Å². The summed E-state index contributed by atoms with van der Waals surface area (Å²) >= 11 is 2.62. The number of aldehydes is 2. The molecule has 8 heteroatoms. The van der Waals surface area contributed by atoms with Crippen molar-refractivity contribution in [2.45, 2.75) is 57.8 Å². The third-order valence-electron chi connectivity index (χ3n) is 8.98. The van der Waals surface area contributed by atoms with Crippen molar-refractivity contribution < 1.29 is 28.5 Å². The predicted octanol–water partition coefficient (Wildman–Crippen LogP) is 8.42. The first-order chi connectivity index (χ1) is 23.1. The lowest BCUT2D eigenvalue weighted by Gasteiger charge is -2.33. The first-order valence-electron chi connectivity index (χ1n) is 16.2. The van der Waals surface area contributed by atoms with Crippen molar-refractivity contribution >= 4 is 35.2 Å². The van der Waals surface area contributed by atoms with Crippen LogP contribution in [0.3, 0.4) is 0 Å².